The summed E-state index contributed by atoms with van der Waals surface area (Å²) in [5.41, 5.74) is 7.11. The summed E-state index contributed by atoms with van der Waals surface area (Å²) in [6, 6.07) is 2.96. The fourth-order valence-electron chi connectivity index (χ4n) is 3.32. The van der Waals surface area contributed by atoms with E-state index in [-0.39, 0.29) is 28.9 Å². The van der Waals surface area contributed by atoms with E-state index >= 15 is 0 Å². The van der Waals surface area contributed by atoms with Crippen LogP contribution in [0.25, 0.3) is 0 Å². The van der Waals surface area contributed by atoms with Crippen molar-refractivity contribution >= 4 is 28.5 Å². The van der Waals surface area contributed by atoms with Gasteiger partial charge in [-0.2, -0.15) is 4.37 Å². The van der Waals surface area contributed by atoms with E-state index in [0.29, 0.717) is 23.2 Å². The number of carbonyl (C=O) groups excluding carboxylic acids is 2. The molecule has 32 heavy (non-hydrogen) atoms. The minimum atomic E-state index is -0.775. The van der Waals surface area contributed by atoms with Crippen molar-refractivity contribution in [1.29, 1.82) is 0 Å². The Bertz CT molecular complexity index is 962. The van der Waals surface area contributed by atoms with Crippen molar-refractivity contribution in [2.24, 2.45) is 5.73 Å². The number of aryl methyl sites for hydroxylation is 1. The summed E-state index contributed by atoms with van der Waals surface area (Å²) >= 11 is 0.896. The molecule has 11 heteroatoms. The Labute approximate surface area is 190 Å². The normalized spacial score (nSPS) is 14.2. The number of ether oxygens (including phenoxy) is 2. The Morgan fingerprint density at radius 1 is 1.31 bits per heavy atom. The molecule has 3 amide bonds. The van der Waals surface area contributed by atoms with Gasteiger partial charge in [0.15, 0.2) is 0 Å². The van der Waals surface area contributed by atoms with Gasteiger partial charge in [0, 0.05) is 19.6 Å². The predicted molar refractivity (Wildman–Crippen MR) is 120 cm³/mol. The molecule has 1 saturated heterocycles. The molecule has 0 spiro atoms. The summed E-state index contributed by atoms with van der Waals surface area (Å²) in [7, 11) is 0. The van der Waals surface area contributed by atoms with E-state index in [0.717, 1.165) is 50.8 Å². The third-order valence-electron chi connectivity index (χ3n) is 5.23. The number of carbonyl (C=O) groups is 2. The van der Waals surface area contributed by atoms with E-state index in [4.69, 9.17) is 15.2 Å². The molecule has 0 unspecified atom stereocenters. The molecular weight excluding hydrogens is 437 g/mol. The van der Waals surface area contributed by atoms with Crippen LogP contribution in [0.5, 0.6) is 5.88 Å². The van der Waals surface area contributed by atoms with E-state index in [1.807, 2.05) is 0 Å². The molecule has 0 bridgehead atoms. The molecule has 1 aromatic heterocycles. The summed E-state index contributed by atoms with van der Waals surface area (Å²) in [5.74, 6) is -1.07. The number of amides is 3. The number of morpholine rings is 1. The van der Waals surface area contributed by atoms with Gasteiger partial charge in [0.05, 0.1) is 13.2 Å². The van der Waals surface area contributed by atoms with Gasteiger partial charge >= 0.3 is 6.03 Å². The predicted octanol–water partition coefficient (Wildman–Crippen LogP) is 2.42. The van der Waals surface area contributed by atoms with Crippen LogP contribution >= 0.6 is 11.5 Å². The summed E-state index contributed by atoms with van der Waals surface area (Å²) in [5, 5.41) is 5.57. The molecule has 0 radical (unpaired) electrons. The van der Waals surface area contributed by atoms with Gasteiger partial charge in [-0.05, 0) is 55.0 Å². The number of aromatic nitrogens is 1. The molecule has 1 aromatic carbocycles. The number of rotatable bonds is 9. The lowest BCUT2D eigenvalue weighted by molar-refractivity contribution is 0.0375. The monoisotopic (exact) mass is 465 g/mol. The molecule has 0 saturated carbocycles. The second-order valence-corrected chi connectivity index (χ2v) is 8.29. The van der Waals surface area contributed by atoms with Crippen molar-refractivity contribution < 1.29 is 23.5 Å². The highest BCUT2D eigenvalue weighted by Crippen LogP contribution is 2.31. The van der Waals surface area contributed by atoms with Gasteiger partial charge in [0.25, 0.3) is 5.91 Å². The topological polar surface area (TPSA) is 119 Å². The molecule has 4 N–H and O–H groups in total. The Morgan fingerprint density at radius 3 is 2.78 bits per heavy atom. The van der Waals surface area contributed by atoms with Crippen molar-refractivity contribution in [1.82, 2.24) is 14.6 Å². The zero-order valence-electron chi connectivity index (χ0n) is 18.2. The third-order valence-corrected chi connectivity index (χ3v) is 5.98. The lowest BCUT2D eigenvalue weighted by Crippen LogP contribution is -2.38. The largest absolute Gasteiger partial charge is 0.472 e. The average Bonchev–Trinajstić information content (AvgIpc) is 3.18. The van der Waals surface area contributed by atoms with Crippen molar-refractivity contribution in [3.05, 3.63) is 40.2 Å². The van der Waals surface area contributed by atoms with Crippen LogP contribution in [0.4, 0.5) is 14.2 Å². The van der Waals surface area contributed by atoms with Crippen molar-refractivity contribution in [2.75, 3.05) is 44.7 Å². The van der Waals surface area contributed by atoms with E-state index in [1.165, 1.54) is 0 Å². The maximum atomic E-state index is 14.1. The number of nitrogens with one attached hydrogen (secondary N) is 2. The molecule has 3 rings (SSSR count). The van der Waals surface area contributed by atoms with Crippen LogP contribution < -0.4 is 21.1 Å². The number of urea groups is 1. The maximum Gasteiger partial charge on any atom is 0.319 e. The highest BCUT2D eigenvalue weighted by molar-refractivity contribution is 7.11. The number of benzene rings is 1. The zero-order valence-corrected chi connectivity index (χ0v) is 19.0. The summed E-state index contributed by atoms with van der Waals surface area (Å²) in [6.45, 7) is 7.97. The van der Waals surface area contributed by atoms with E-state index in [2.05, 4.69) is 19.9 Å². The highest BCUT2D eigenvalue weighted by Gasteiger charge is 2.22. The fraction of sp³-hybridized carbons (Fsp3) is 0.476. The van der Waals surface area contributed by atoms with Crippen LogP contribution in [0, 0.1) is 19.7 Å². The average molecular weight is 466 g/mol. The smallest absolute Gasteiger partial charge is 0.319 e. The van der Waals surface area contributed by atoms with Crippen molar-refractivity contribution in [3.63, 3.8) is 0 Å². The molecule has 2 aromatic rings. The second-order valence-electron chi connectivity index (χ2n) is 7.51. The molecule has 2 heterocycles. The second kappa shape index (κ2) is 11.2. The first-order chi connectivity index (χ1) is 15.4. The molecule has 0 atom stereocenters. The van der Waals surface area contributed by atoms with E-state index in [1.54, 1.807) is 26.0 Å². The van der Waals surface area contributed by atoms with E-state index in [9.17, 15) is 14.0 Å². The van der Waals surface area contributed by atoms with Gasteiger partial charge in [-0.1, -0.05) is 12.1 Å². The number of anilines is 1. The van der Waals surface area contributed by atoms with Gasteiger partial charge < -0.3 is 20.5 Å². The van der Waals surface area contributed by atoms with E-state index < -0.39 is 11.9 Å². The molecule has 1 aliphatic heterocycles. The van der Waals surface area contributed by atoms with Crippen LogP contribution in [-0.4, -0.2) is 60.6 Å². The first-order valence-corrected chi connectivity index (χ1v) is 11.2. The highest BCUT2D eigenvalue weighted by atomic mass is 32.1. The Morgan fingerprint density at radius 2 is 2.06 bits per heavy atom. The lowest BCUT2D eigenvalue weighted by atomic mass is 10.1. The van der Waals surface area contributed by atoms with Gasteiger partial charge in [-0.15, -0.1) is 0 Å². The lowest BCUT2D eigenvalue weighted by Gasteiger charge is -2.26. The van der Waals surface area contributed by atoms with Crippen LogP contribution in [-0.2, 0) is 11.3 Å². The van der Waals surface area contributed by atoms with Crippen molar-refractivity contribution in [3.8, 4) is 5.88 Å². The minimum absolute atomic E-state index is 0.00509. The Balaban J connectivity index is 1.54. The number of halogens is 1. The molecule has 1 fully saturated rings. The molecule has 174 valence electrons. The van der Waals surface area contributed by atoms with Gasteiger partial charge in [-0.3, -0.25) is 15.0 Å². The number of hydrogen-bond donors (Lipinski definition) is 3. The number of nitrogens with zero attached hydrogens (tertiary/aromatic N) is 2. The maximum absolute atomic E-state index is 14.1. The Kier molecular flexibility index (Phi) is 8.37. The molecule has 0 aliphatic carbocycles. The van der Waals surface area contributed by atoms with Crippen LogP contribution in [0.2, 0.25) is 0 Å². The first-order valence-electron chi connectivity index (χ1n) is 10.4. The summed E-state index contributed by atoms with van der Waals surface area (Å²) < 4.78 is 29.1. The first kappa shape index (κ1) is 23.9. The molecule has 9 nitrogen and oxygen atoms in total. The van der Waals surface area contributed by atoms with Gasteiger partial charge in [0.1, 0.15) is 23.0 Å². The SMILES string of the molecule is Cc1ccc(COc2nsc(NC(=O)NCCCN3CCOCC3)c2C(N)=O)c(C)c1F. The minimum Gasteiger partial charge on any atom is -0.472 e. The van der Waals surface area contributed by atoms with Crippen LogP contribution in [0.1, 0.15) is 33.5 Å². The van der Waals surface area contributed by atoms with Gasteiger partial charge in [-0.25, -0.2) is 9.18 Å². The summed E-state index contributed by atoms with van der Waals surface area (Å²) in [6.07, 6.45) is 0.791. The Hall–Kier alpha value is -2.76. The van der Waals surface area contributed by atoms with Crippen molar-refractivity contribution in [2.45, 2.75) is 26.9 Å². The summed E-state index contributed by atoms with van der Waals surface area (Å²) in [4.78, 5) is 26.5. The third kappa shape index (κ3) is 6.15. The number of primary amides is 1. The quantitative estimate of drug-likeness (QED) is 0.490. The molecular formula is C21H28FN5O4S. The van der Waals surface area contributed by atoms with Crippen LogP contribution in [0.3, 0.4) is 0 Å². The standard InChI is InChI=1S/C21H28FN5O4S/c1-13-4-5-15(14(2)17(13)22)12-31-19-16(18(23)28)20(32-26-19)25-21(29)24-6-3-7-27-8-10-30-11-9-27/h4-5H,3,6-12H2,1-2H3,(H2,23,28)(H2,24,25,29). The zero-order chi connectivity index (χ0) is 23.1. The number of hydrogen-bond acceptors (Lipinski definition) is 7. The number of nitrogens with two attached hydrogens (primary N) is 1. The molecule has 1 aliphatic rings. The van der Waals surface area contributed by atoms with Crippen LogP contribution in [0.15, 0.2) is 12.1 Å². The van der Waals surface area contributed by atoms with Gasteiger partial charge in [0.2, 0.25) is 5.88 Å². The fourth-order valence-corrected chi connectivity index (χ4v) is 4.05.